The van der Waals surface area contributed by atoms with Gasteiger partial charge in [-0.25, -0.2) is 0 Å². The first-order valence-corrected chi connectivity index (χ1v) is 9.55. The van der Waals surface area contributed by atoms with Crippen LogP contribution in [0.1, 0.15) is 18.5 Å². The van der Waals surface area contributed by atoms with Gasteiger partial charge >= 0.3 is 0 Å². The van der Waals surface area contributed by atoms with Crippen LogP contribution in [0.15, 0.2) is 60.7 Å². The highest BCUT2D eigenvalue weighted by Gasteiger charge is 2.38. The number of anilines is 1. The summed E-state index contributed by atoms with van der Waals surface area (Å²) in [5.41, 5.74) is 1.12. The van der Waals surface area contributed by atoms with Gasteiger partial charge in [-0.2, -0.15) is 5.26 Å². The molecule has 1 heterocycles. The molecule has 1 aliphatic rings. The van der Waals surface area contributed by atoms with Crippen molar-refractivity contribution < 1.29 is 9.59 Å². The lowest BCUT2D eigenvalue weighted by Gasteiger charge is -2.35. The molecule has 4 atom stereocenters. The van der Waals surface area contributed by atoms with Crippen molar-refractivity contribution in [2.75, 3.05) is 5.32 Å². The molecule has 3 N–H and O–H groups in total. The summed E-state index contributed by atoms with van der Waals surface area (Å²) in [7, 11) is 0. The Hall–Kier alpha value is -2.82. The number of para-hydroxylation sites is 1. The van der Waals surface area contributed by atoms with E-state index in [4.69, 9.17) is 0 Å². The number of thioether (sulfide) groups is 1. The molecule has 0 saturated carbocycles. The average molecular weight is 380 g/mol. The molecule has 0 bridgehead atoms. The third-order valence-corrected chi connectivity index (χ3v) is 5.42. The van der Waals surface area contributed by atoms with Crippen LogP contribution in [-0.2, 0) is 9.59 Å². The summed E-state index contributed by atoms with van der Waals surface area (Å²) in [5.74, 6) is -1.31. The molecule has 27 heavy (non-hydrogen) atoms. The first-order chi connectivity index (χ1) is 13.1. The fraction of sp³-hybridized carbons (Fsp3) is 0.250. The minimum absolute atomic E-state index is 0.152. The predicted octanol–water partition coefficient (Wildman–Crippen LogP) is 2.63. The Labute approximate surface area is 162 Å². The molecule has 2 amide bonds. The van der Waals surface area contributed by atoms with E-state index in [1.54, 1.807) is 6.92 Å². The van der Waals surface area contributed by atoms with E-state index in [1.807, 2.05) is 60.7 Å². The second-order valence-electron chi connectivity index (χ2n) is 6.18. The summed E-state index contributed by atoms with van der Waals surface area (Å²) in [5, 5.41) is 17.9. The smallest absolute Gasteiger partial charge is 0.241 e. The summed E-state index contributed by atoms with van der Waals surface area (Å²) in [6.45, 7) is 1.78. The molecular weight excluding hydrogens is 360 g/mol. The van der Waals surface area contributed by atoms with Crippen molar-refractivity contribution in [3.63, 3.8) is 0 Å². The van der Waals surface area contributed by atoms with Crippen LogP contribution in [0, 0.1) is 17.2 Å². The maximum Gasteiger partial charge on any atom is 0.241 e. The molecule has 1 fully saturated rings. The highest BCUT2D eigenvalue weighted by molar-refractivity contribution is 8.01. The third-order valence-electron chi connectivity index (χ3n) is 4.27. The van der Waals surface area contributed by atoms with Gasteiger partial charge in [0.1, 0.15) is 11.4 Å². The number of rotatable bonds is 5. The molecule has 0 radical (unpaired) electrons. The van der Waals surface area contributed by atoms with E-state index >= 15 is 0 Å². The maximum atomic E-state index is 12.4. The summed E-state index contributed by atoms with van der Waals surface area (Å²) >= 11 is 1.30. The van der Waals surface area contributed by atoms with Crippen molar-refractivity contribution in [2.45, 2.75) is 23.7 Å². The van der Waals surface area contributed by atoms with Gasteiger partial charge in [0.2, 0.25) is 11.8 Å². The summed E-state index contributed by atoms with van der Waals surface area (Å²) in [6.07, 6.45) is 0. The van der Waals surface area contributed by atoms with Gasteiger partial charge in [-0.05, 0) is 24.6 Å². The van der Waals surface area contributed by atoms with Crippen molar-refractivity contribution in [1.29, 1.82) is 5.26 Å². The number of nitrogens with one attached hydrogen (secondary N) is 3. The van der Waals surface area contributed by atoms with Crippen LogP contribution < -0.4 is 16.0 Å². The number of carbonyl (C=O) groups excluding carboxylic acids is 2. The molecular formula is C20H20N4O2S. The molecule has 2 aromatic carbocycles. The lowest BCUT2D eigenvalue weighted by molar-refractivity contribution is -0.126. The molecule has 3 rings (SSSR count). The van der Waals surface area contributed by atoms with E-state index in [0.717, 1.165) is 11.3 Å². The lowest BCUT2D eigenvalue weighted by atomic mass is 9.92. The van der Waals surface area contributed by atoms with E-state index in [-0.39, 0.29) is 11.8 Å². The highest BCUT2D eigenvalue weighted by atomic mass is 32.2. The van der Waals surface area contributed by atoms with E-state index in [9.17, 15) is 14.9 Å². The first kappa shape index (κ1) is 19.0. The Balaban J connectivity index is 1.67. The van der Waals surface area contributed by atoms with Gasteiger partial charge < -0.3 is 10.6 Å². The summed E-state index contributed by atoms with van der Waals surface area (Å²) in [4.78, 5) is 24.8. The summed E-state index contributed by atoms with van der Waals surface area (Å²) < 4.78 is 0. The zero-order valence-electron chi connectivity index (χ0n) is 14.8. The largest absolute Gasteiger partial charge is 0.331 e. The van der Waals surface area contributed by atoms with E-state index < -0.39 is 22.7 Å². The van der Waals surface area contributed by atoms with Gasteiger partial charge in [0.05, 0.1) is 17.4 Å². The van der Waals surface area contributed by atoms with Gasteiger partial charge in [0.15, 0.2) is 0 Å². The van der Waals surface area contributed by atoms with Crippen LogP contribution in [0.3, 0.4) is 0 Å². The van der Waals surface area contributed by atoms with Gasteiger partial charge in [0, 0.05) is 5.69 Å². The number of amides is 2. The zero-order valence-corrected chi connectivity index (χ0v) is 15.6. The highest BCUT2D eigenvalue weighted by Crippen LogP contribution is 2.29. The third kappa shape index (κ3) is 4.67. The minimum atomic E-state index is -0.822. The average Bonchev–Trinajstić information content (AvgIpc) is 2.69. The van der Waals surface area contributed by atoms with Crippen LogP contribution in [0.5, 0.6) is 0 Å². The fourth-order valence-electron chi connectivity index (χ4n) is 2.86. The van der Waals surface area contributed by atoms with Crippen molar-refractivity contribution in [3.8, 4) is 6.07 Å². The molecule has 1 saturated heterocycles. The summed E-state index contributed by atoms with van der Waals surface area (Å²) in [6, 6.07) is 20.3. The lowest BCUT2D eigenvalue weighted by Crippen LogP contribution is -2.56. The minimum Gasteiger partial charge on any atom is -0.331 e. The number of benzene rings is 2. The molecule has 6 nitrogen and oxygen atoms in total. The van der Waals surface area contributed by atoms with Crippen LogP contribution in [0.4, 0.5) is 5.69 Å². The van der Waals surface area contributed by atoms with Crippen molar-refractivity contribution >= 4 is 29.3 Å². The van der Waals surface area contributed by atoms with Gasteiger partial charge in [-0.1, -0.05) is 48.5 Å². The maximum absolute atomic E-state index is 12.4. The molecule has 4 unspecified atom stereocenters. The molecule has 0 spiro atoms. The van der Waals surface area contributed by atoms with Gasteiger partial charge in [-0.3, -0.25) is 14.9 Å². The van der Waals surface area contributed by atoms with E-state index in [2.05, 4.69) is 22.0 Å². The molecule has 2 aromatic rings. The predicted molar refractivity (Wildman–Crippen MR) is 105 cm³/mol. The molecule has 0 aromatic heterocycles. The topological polar surface area (TPSA) is 94.0 Å². The van der Waals surface area contributed by atoms with Crippen LogP contribution in [0.2, 0.25) is 0 Å². The van der Waals surface area contributed by atoms with Crippen LogP contribution in [-0.4, -0.2) is 22.6 Å². The normalized spacial score (nSPS) is 23.0. The number of hydrogen-bond acceptors (Lipinski definition) is 5. The number of nitrogens with zero attached hydrogens (tertiary/aromatic N) is 1. The second kappa shape index (κ2) is 8.71. The first-order valence-electron chi connectivity index (χ1n) is 8.61. The van der Waals surface area contributed by atoms with Crippen molar-refractivity contribution in [2.24, 2.45) is 5.92 Å². The monoisotopic (exact) mass is 380 g/mol. The number of carbonyl (C=O) groups is 2. The number of hydrogen-bond donors (Lipinski definition) is 3. The van der Waals surface area contributed by atoms with Crippen LogP contribution >= 0.6 is 11.8 Å². The fourth-order valence-corrected chi connectivity index (χ4v) is 3.86. The molecule has 1 aliphatic heterocycles. The Kier molecular flexibility index (Phi) is 6.12. The Morgan fingerprint density at radius 2 is 1.78 bits per heavy atom. The standard InChI is InChI=1S/C20H20N4O2S/c1-13(18(25)22-15-10-6-3-7-11-15)27-20-23-17(14-8-4-2-5-9-14)16(12-21)19(26)24-20/h2-11,13,16-17,20,23H,1H3,(H,22,25)(H,24,26). The quantitative estimate of drug-likeness (QED) is 0.741. The molecule has 0 aliphatic carbocycles. The van der Waals surface area contributed by atoms with E-state index in [1.165, 1.54) is 11.8 Å². The van der Waals surface area contributed by atoms with Gasteiger partial charge in [-0.15, -0.1) is 11.8 Å². The Morgan fingerprint density at radius 3 is 2.41 bits per heavy atom. The van der Waals surface area contributed by atoms with Crippen molar-refractivity contribution in [1.82, 2.24) is 10.6 Å². The Bertz CT molecular complexity index is 838. The zero-order chi connectivity index (χ0) is 19.2. The number of nitriles is 1. The SMILES string of the molecule is CC(SC1NC(=O)C(C#N)C(c2ccccc2)N1)C(=O)Nc1ccccc1. The Morgan fingerprint density at radius 1 is 1.15 bits per heavy atom. The van der Waals surface area contributed by atoms with Crippen LogP contribution in [0.25, 0.3) is 0 Å². The van der Waals surface area contributed by atoms with Gasteiger partial charge in [0.25, 0.3) is 0 Å². The van der Waals surface area contributed by atoms with Crippen molar-refractivity contribution in [3.05, 3.63) is 66.2 Å². The second-order valence-corrected chi connectivity index (χ2v) is 7.63. The molecule has 138 valence electrons. The van der Waals surface area contributed by atoms with E-state index in [0.29, 0.717) is 0 Å². The molecule has 7 heteroatoms.